The predicted molar refractivity (Wildman–Crippen MR) is 92.2 cm³/mol. The predicted octanol–water partition coefficient (Wildman–Crippen LogP) is 3.19. The number of thiophene rings is 1. The van der Waals surface area contributed by atoms with Gasteiger partial charge >= 0.3 is 5.97 Å². The quantitative estimate of drug-likeness (QED) is 0.905. The van der Waals surface area contributed by atoms with E-state index >= 15 is 0 Å². The van der Waals surface area contributed by atoms with E-state index < -0.39 is 12.0 Å². The van der Waals surface area contributed by atoms with E-state index in [2.05, 4.69) is 4.98 Å². The Kier molecular flexibility index (Phi) is 4.33. The lowest BCUT2D eigenvalue weighted by molar-refractivity contribution is -0.149. The third-order valence-electron chi connectivity index (χ3n) is 5.28. The smallest absolute Gasteiger partial charge is 0.326 e. The maximum absolute atomic E-state index is 12.9. The van der Waals surface area contributed by atoms with Crippen molar-refractivity contribution in [2.24, 2.45) is 5.92 Å². The number of aliphatic carboxylic acids is 1. The van der Waals surface area contributed by atoms with Crippen molar-refractivity contribution < 1.29 is 19.1 Å². The number of fused-ring (bicyclic) bond motifs is 1. The van der Waals surface area contributed by atoms with Gasteiger partial charge in [0.05, 0.1) is 17.0 Å². The summed E-state index contributed by atoms with van der Waals surface area (Å²) in [6.45, 7) is 0. The summed E-state index contributed by atoms with van der Waals surface area (Å²) in [5.41, 5.74) is 0.553. The molecule has 6 nitrogen and oxygen atoms in total. The van der Waals surface area contributed by atoms with Gasteiger partial charge in [0.2, 0.25) is 11.8 Å². The van der Waals surface area contributed by atoms with Crippen molar-refractivity contribution in [3.63, 3.8) is 0 Å². The lowest BCUT2D eigenvalue weighted by Crippen LogP contribution is -2.46. The van der Waals surface area contributed by atoms with Crippen molar-refractivity contribution in [2.75, 3.05) is 0 Å². The number of hydrogen-bond acceptors (Lipinski definition) is 5. The Morgan fingerprint density at radius 3 is 2.96 bits per heavy atom. The second-order valence-electron chi connectivity index (χ2n) is 6.80. The molecule has 1 amide bonds. The number of oxazole rings is 1. The van der Waals surface area contributed by atoms with E-state index in [1.165, 1.54) is 17.6 Å². The van der Waals surface area contributed by atoms with Crippen molar-refractivity contribution in [3.05, 3.63) is 29.5 Å². The fraction of sp³-hybridized carbons (Fsp3) is 0.500. The third-order valence-corrected chi connectivity index (χ3v) is 6.13. The molecule has 4 rings (SSSR count). The third kappa shape index (κ3) is 3.08. The second-order valence-corrected chi connectivity index (χ2v) is 7.75. The minimum atomic E-state index is -0.901. The highest BCUT2D eigenvalue weighted by Crippen LogP contribution is 2.40. The molecule has 132 valence electrons. The topological polar surface area (TPSA) is 83.6 Å². The Morgan fingerprint density at radius 1 is 1.36 bits per heavy atom. The number of carboxylic acids is 1. The van der Waals surface area contributed by atoms with Gasteiger partial charge in [-0.25, -0.2) is 9.78 Å². The first-order valence-corrected chi connectivity index (χ1v) is 9.53. The number of hydrogen-bond donors (Lipinski definition) is 1. The Labute approximate surface area is 149 Å². The molecule has 0 bridgehead atoms. The molecule has 2 aliphatic rings. The van der Waals surface area contributed by atoms with Crippen LogP contribution in [0.15, 0.2) is 28.2 Å². The molecule has 7 heteroatoms. The normalized spacial score (nSPS) is 25.8. The zero-order chi connectivity index (χ0) is 17.4. The van der Waals surface area contributed by atoms with Gasteiger partial charge in [0.15, 0.2) is 0 Å². The number of amides is 1. The molecule has 25 heavy (non-hydrogen) atoms. The van der Waals surface area contributed by atoms with Crippen molar-refractivity contribution >= 4 is 23.2 Å². The number of rotatable bonds is 4. The molecule has 1 N–H and O–H groups in total. The van der Waals surface area contributed by atoms with Gasteiger partial charge in [0.1, 0.15) is 12.3 Å². The van der Waals surface area contributed by atoms with Gasteiger partial charge in [-0.3, -0.25) is 4.79 Å². The average molecular weight is 360 g/mol. The molecule has 0 spiro atoms. The molecule has 2 aromatic heterocycles. The molecule has 1 saturated heterocycles. The van der Waals surface area contributed by atoms with Crippen LogP contribution in [0.4, 0.5) is 0 Å². The molecular weight excluding hydrogens is 340 g/mol. The summed E-state index contributed by atoms with van der Waals surface area (Å²) in [6.07, 6.45) is 6.26. The molecule has 0 radical (unpaired) electrons. The van der Waals surface area contributed by atoms with Crippen LogP contribution in [-0.4, -0.2) is 39.0 Å². The van der Waals surface area contributed by atoms with Crippen LogP contribution in [0.5, 0.6) is 0 Å². The molecule has 1 aliphatic carbocycles. The van der Waals surface area contributed by atoms with Gasteiger partial charge in [-0.2, -0.15) is 0 Å². The summed E-state index contributed by atoms with van der Waals surface area (Å²) in [5, 5.41) is 11.5. The molecule has 0 aromatic carbocycles. The van der Waals surface area contributed by atoms with Gasteiger partial charge in [-0.15, -0.1) is 11.3 Å². The molecule has 1 aliphatic heterocycles. The van der Waals surface area contributed by atoms with Gasteiger partial charge < -0.3 is 14.4 Å². The standard InChI is InChI=1S/C18H20N2O4S/c21-16(9-12-10-24-17(19-12)15-6-3-7-25-15)20-13-5-2-1-4-11(13)8-14(20)18(22)23/h3,6-7,10-11,13-14H,1-2,4-5,8-9H2,(H,22,23)/t11-,13-,14+/m1/s1. The highest BCUT2D eigenvalue weighted by molar-refractivity contribution is 7.13. The number of aromatic nitrogens is 1. The van der Waals surface area contributed by atoms with Crippen LogP contribution in [0.2, 0.25) is 0 Å². The van der Waals surface area contributed by atoms with Crippen LogP contribution in [0, 0.1) is 5.92 Å². The molecular formula is C18H20N2O4S. The number of carbonyl (C=O) groups excluding carboxylic acids is 1. The summed E-state index contributed by atoms with van der Waals surface area (Å²) in [5.74, 6) is -0.239. The van der Waals surface area contributed by atoms with Gasteiger partial charge in [-0.05, 0) is 36.6 Å². The summed E-state index contributed by atoms with van der Waals surface area (Å²) < 4.78 is 5.47. The molecule has 3 atom stereocenters. The van der Waals surface area contributed by atoms with E-state index in [1.54, 1.807) is 4.90 Å². The monoisotopic (exact) mass is 360 g/mol. The van der Waals surface area contributed by atoms with E-state index in [1.807, 2.05) is 17.5 Å². The summed E-state index contributed by atoms with van der Waals surface area (Å²) in [6, 6.07) is 3.19. The van der Waals surface area contributed by atoms with Gasteiger partial charge in [0, 0.05) is 6.04 Å². The minimum absolute atomic E-state index is 0.0611. The molecule has 2 aromatic rings. The van der Waals surface area contributed by atoms with E-state index in [9.17, 15) is 14.7 Å². The Hall–Kier alpha value is -2.15. The van der Waals surface area contributed by atoms with Crippen molar-refractivity contribution in [1.29, 1.82) is 0 Å². The average Bonchev–Trinajstić information content (AvgIpc) is 3.33. The molecule has 3 heterocycles. The fourth-order valence-corrected chi connectivity index (χ4v) is 4.84. The molecule has 1 saturated carbocycles. The largest absolute Gasteiger partial charge is 0.480 e. The first-order valence-electron chi connectivity index (χ1n) is 8.65. The minimum Gasteiger partial charge on any atom is -0.480 e. The highest BCUT2D eigenvalue weighted by atomic mass is 32.1. The van der Waals surface area contributed by atoms with E-state index in [0.717, 1.165) is 30.6 Å². The fourth-order valence-electron chi connectivity index (χ4n) is 4.19. The van der Waals surface area contributed by atoms with Crippen LogP contribution >= 0.6 is 11.3 Å². The van der Waals surface area contributed by atoms with Gasteiger partial charge in [-0.1, -0.05) is 18.9 Å². The van der Waals surface area contributed by atoms with Crippen LogP contribution in [-0.2, 0) is 16.0 Å². The van der Waals surface area contributed by atoms with Crippen molar-refractivity contribution in [3.8, 4) is 10.8 Å². The van der Waals surface area contributed by atoms with Crippen LogP contribution in [0.1, 0.15) is 37.8 Å². The maximum atomic E-state index is 12.9. The van der Waals surface area contributed by atoms with E-state index in [4.69, 9.17) is 4.42 Å². The lowest BCUT2D eigenvalue weighted by Gasteiger charge is -2.32. The second kappa shape index (κ2) is 6.63. The zero-order valence-corrected chi connectivity index (χ0v) is 14.6. The van der Waals surface area contributed by atoms with Crippen molar-refractivity contribution in [2.45, 2.75) is 50.6 Å². The Morgan fingerprint density at radius 2 is 2.20 bits per heavy atom. The van der Waals surface area contributed by atoms with E-state index in [-0.39, 0.29) is 18.4 Å². The summed E-state index contributed by atoms with van der Waals surface area (Å²) >= 11 is 1.52. The van der Waals surface area contributed by atoms with Crippen LogP contribution in [0.25, 0.3) is 10.8 Å². The van der Waals surface area contributed by atoms with Gasteiger partial charge in [0.25, 0.3) is 0 Å². The molecule has 2 fully saturated rings. The number of carbonyl (C=O) groups is 2. The van der Waals surface area contributed by atoms with Crippen LogP contribution < -0.4 is 0 Å². The number of nitrogens with zero attached hydrogens (tertiary/aromatic N) is 2. The zero-order valence-electron chi connectivity index (χ0n) is 13.8. The summed E-state index contributed by atoms with van der Waals surface area (Å²) in [7, 11) is 0. The lowest BCUT2D eigenvalue weighted by atomic mass is 9.84. The van der Waals surface area contributed by atoms with E-state index in [0.29, 0.717) is 23.9 Å². The maximum Gasteiger partial charge on any atom is 0.326 e. The summed E-state index contributed by atoms with van der Waals surface area (Å²) in [4.78, 5) is 31.4. The Balaban J connectivity index is 1.52. The Bertz CT molecular complexity index is 770. The van der Waals surface area contributed by atoms with Crippen molar-refractivity contribution in [1.82, 2.24) is 9.88 Å². The number of likely N-dealkylation sites (tertiary alicyclic amines) is 1. The SMILES string of the molecule is O=C(O)[C@@H]1C[C@H]2CCCC[C@H]2N1C(=O)Cc1coc(-c2cccs2)n1. The first-order chi connectivity index (χ1) is 12.1. The highest BCUT2D eigenvalue weighted by Gasteiger charge is 2.47. The first kappa shape index (κ1) is 16.3. The molecule has 0 unspecified atom stereocenters. The van der Waals surface area contributed by atoms with Crippen LogP contribution in [0.3, 0.4) is 0 Å². The number of carboxylic acid groups (broad SMARTS) is 1.